The second-order valence-electron chi connectivity index (χ2n) is 3.88. The van der Waals surface area contributed by atoms with E-state index in [1.807, 2.05) is 18.3 Å². The van der Waals surface area contributed by atoms with Crippen molar-refractivity contribution in [2.45, 2.75) is 19.8 Å². The molecule has 4 heteroatoms. The van der Waals surface area contributed by atoms with Crippen molar-refractivity contribution in [1.29, 1.82) is 0 Å². The Kier molecular flexibility index (Phi) is 3.53. The summed E-state index contributed by atoms with van der Waals surface area (Å²) < 4.78 is 0. The molecule has 0 fully saturated rings. The minimum absolute atomic E-state index is 0.501. The quantitative estimate of drug-likeness (QED) is 0.728. The molecule has 2 rings (SSSR count). The van der Waals surface area contributed by atoms with Gasteiger partial charge in [-0.1, -0.05) is 37.0 Å². The van der Waals surface area contributed by atoms with Gasteiger partial charge in [-0.15, -0.1) is 11.3 Å². The zero-order valence-electron chi connectivity index (χ0n) is 9.00. The van der Waals surface area contributed by atoms with Crippen LogP contribution in [-0.2, 0) is 0 Å². The normalized spacial score (nSPS) is 11.1. The monoisotopic (exact) mass is 271 g/mol. The van der Waals surface area contributed by atoms with Crippen molar-refractivity contribution < 1.29 is 0 Å². The van der Waals surface area contributed by atoms with Gasteiger partial charge in [0.1, 0.15) is 5.01 Å². The smallest absolute Gasteiger partial charge is 0.123 e. The van der Waals surface area contributed by atoms with Crippen molar-refractivity contribution in [3.8, 4) is 10.6 Å². The highest BCUT2D eigenvalue weighted by Crippen LogP contribution is 2.32. The zero-order chi connectivity index (χ0) is 11.7. The Bertz CT molecular complexity index is 485. The Hall–Kier alpha value is -0.570. The number of rotatable bonds is 2. The molecule has 0 radical (unpaired) electrons. The van der Waals surface area contributed by atoms with Gasteiger partial charge in [0.15, 0.2) is 0 Å². The van der Waals surface area contributed by atoms with E-state index in [2.05, 4.69) is 18.8 Å². The first-order valence-corrected chi connectivity index (χ1v) is 6.55. The number of nitrogens with zero attached hydrogens (tertiary/aromatic N) is 1. The maximum absolute atomic E-state index is 5.96. The molecule has 0 aliphatic rings. The SMILES string of the molecule is CC(C)c1cnc(-c2cc(Cl)cc(Cl)c2)s1. The van der Waals surface area contributed by atoms with Gasteiger partial charge >= 0.3 is 0 Å². The Balaban J connectivity index is 2.42. The second kappa shape index (κ2) is 4.74. The fourth-order valence-electron chi connectivity index (χ4n) is 1.36. The van der Waals surface area contributed by atoms with Crippen LogP contribution in [0.15, 0.2) is 24.4 Å². The summed E-state index contributed by atoms with van der Waals surface area (Å²) in [5, 5.41) is 2.25. The average Bonchev–Trinajstić information content (AvgIpc) is 2.64. The standard InChI is InChI=1S/C12H11Cl2NS/c1-7(2)11-6-15-12(16-11)8-3-9(13)5-10(14)4-8/h3-7H,1-2H3. The second-order valence-corrected chi connectivity index (χ2v) is 5.82. The van der Waals surface area contributed by atoms with Gasteiger partial charge < -0.3 is 0 Å². The summed E-state index contributed by atoms with van der Waals surface area (Å²) in [6.07, 6.45) is 1.92. The largest absolute Gasteiger partial charge is 0.244 e. The van der Waals surface area contributed by atoms with Gasteiger partial charge in [-0.25, -0.2) is 4.98 Å². The number of benzene rings is 1. The third-order valence-corrected chi connectivity index (χ3v) is 3.99. The average molecular weight is 272 g/mol. The maximum atomic E-state index is 5.96. The highest BCUT2D eigenvalue weighted by Gasteiger charge is 2.08. The molecule has 1 nitrogen and oxygen atoms in total. The Morgan fingerprint density at radius 1 is 1.12 bits per heavy atom. The van der Waals surface area contributed by atoms with E-state index in [1.165, 1.54) is 4.88 Å². The summed E-state index contributed by atoms with van der Waals surface area (Å²) in [6, 6.07) is 5.50. The van der Waals surface area contributed by atoms with Crippen LogP contribution < -0.4 is 0 Å². The summed E-state index contributed by atoms with van der Waals surface area (Å²) in [7, 11) is 0. The van der Waals surface area contributed by atoms with E-state index in [4.69, 9.17) is 23.2 Å². The predicted octanol–water partition coefficient (Wildman–Crippen LogP) is 5.24. The minimum atomic E-state index is 0.501. The van der Waals surface area contributed by atoms with Gasteiger partial charge in [-0.3, -0.25) is 0 Å². The summed E-state index contributed by atoms with van der Waals surface area (Å²) >= 11 is 13.6. The molecular formula is C12H11Cl2NS. The predicted molar refractivity (Wildman–Crippen MR) is 71.7 cm³/mol. The lowest BCUT2D eigenvalue weighted by molar-refractivity contribution is 0.885. The molecule has 16 heavy (non-hydrogen) atoms. The van der Waals surface area contributed by atoms with Gasteiger partial charge in [0, 0.05) is 26.7 Å². The van der Waals surface area contributed by atoms with E-state index in [0.29, 0.717) is 16.0 Å². The van der Waals surface area contributed by atoms with Crippen LogP contribution in [0.3, 0.4) is 0 Å². The molecule has 2 aromatic rings. The van der Waals surface area contributed by atoms with E-state index < -0.39 is 0 Å². The number of halogens is 2. The minimum Gasteiger partial charge on any atom is -0.244 e. The highest BCUT2D eigenvalue weighted by molar-refractivity contribution is 7.15. The number of thiazole rings is 1. The molecule has 1 aromatic carbocycles. The number of hydrogen-bond donors (Lipinski definition) is 0. The van der Waals surface area contributed by atoms with Crippen LogP contribution in [0, 0.1) is 0 Å². The lowest BCUT2D eigenvalue weighted by Gasteiger charge is -1.99. The van der Waals surface area contributed by atoms with Crippen molar-refractivity contribution in [3.63, 3.8) is 0 Å². The van der Waals surface area contributed by atoms with Crippen molar-refractivity contribution in [3.05, 3.63) is 39.3 Å². The highest BCUT2D eigenvalue weighted by atomic mass is 35.5. The van der Waals surface area contributed by atoms with Gasteiger partial charge in [0.05, 0.1) is 0 Å². The molecular weight excluding hydrogens is 261 g/mol. The van der Waals surface area contributed by atoms with E-state index in [0.717, 1.165) is 10.6 Å². The van der Waals surface area contributed by atoms with Crippen molar-refractivity contribution in [1.82, 2.24) is 4.98 Å². The van der Waals surface area contributed by atoms with E-state index in [1.54, 1.807) is 17.4 Å². The molecule has 0 saturated heterocycles. The third kappa shape index (κ3) is 2.57. The van der Waals surface area contributed by atoms with E-state index in [9.17, 15) is 0 Å². The zero-order valence-corrected chi connectivity index (χ0v) is 11.3. The van der Waals surface area contributed by atoms with Crippen LogP contribution in [0.4, 0.5) is 0 Å². The molecule has 0 aliphatic carbocycles. The van der Waals surface area contributed by atoms with Crippen LogP contribution >= 0.6 is 34.5 Å². The molecule has 0 amide bonds. The molecule has 0 unspecified atom stereocenters. The van der Waals surface area contributed by atoms with Crippen molar-refractivity contribution in [2.75, 3.05) is 0 Å². The number of hydrogen-bond acceptors (Lipinski definition) is 2. The Labute approximate surface area is 109 Å². The van der Waals surface area contributed by atoms with Crippen LogP contribution in [0.2, 0.25) is 10.0 Å². The first-order valence-electron chi connectivity index (χ1n) is 4.98. The first-order chi connectivity index (χ1) is 7.56. The Morgan fingerprint density at radius 2 is 1.75 bits per heavy atom. The summed E-state index contributed by atoms with van der Waals surface area (Å²) in [5.41, 5.74) is 0.981. The fraction of sp³-hybridized carbons (Fsp3) is 0.250. The molecule has 84 valence electrons. The number of aromatic nitrogens is 1. The molecule has 0 saturated carbocycles. The molecule has 0 aliphatic heterocycles. The molecule has 0 atom stereocenters. The van der Waals surface area contributed by atoms with Crippen LogP contribution in [0.5, 0.6) is 0 Å². The van der Waals surface area contributed by atoms with Crippen LogP contribution in [0.1, 0.15) is 24.6 Å². The summed E-state index contributed by atoms with van der Waals surface area (Å²) in [4.78, 5) is 5.66. The molecule has 1 aromatic heterocycles. The molecule has 0 bridgehead atoms. The molecule has 0 spiro atoms. The van der Waals surface area contributed by atoms with Gasteiger partial charge in [0.25, 0.3) is 0 Å². The third-order valence-electron chi connectivity index (χ3n) is 2.20. The maximum Gasteiger partial charge on any atom is 0.123 e. The lowest BCUT2D eigenvalue weighted by atomic mass is 10.2. The lowest BCUT2D eigenvalue weighted by Crippen LogP contribution is -1.77. The van der Waals surface area contributed by atoms with E-state index in [-0.39, 0.29) is 0 Å². The fourth-order valence-corrected chi connectivity index (χ4v) is 2.80. The topological polar surface area (TPSA) is 12.9 Å². The molecule has 0 N–H and O–H groups in total. The summed E-state index contributed by atoms with van der Waals surface area (Å²) in [5.74, 6) is 0.501. The van der Waals surface area contributed by atoms with Crippen molar-refractivity contribution in [2.24, 2.45) is 0 Å². The van der Waals surface area contributed by atoms with Crippen molar-refractivity contribution >= 4 is 34.5 Å². The van der Waals surface area contributed by atoms with Gasteiger partial charge in [-0.05, 0) is 24.1 Å². The van der Waals surface area contributed by atoms with Crippen LogP contribution in [0.25, 0.3) is 10.6 Å². The Morgan fingerprint density at radius 3 is 2.25 bits per heavy atom. The molecule has 1 heterocycles. The van der Waals surface area contributed by atoms with Gasteiger partial charge in [0.2, 0.25) is 0 Å². The first kappa shape index (κ1) is 11.9. The van der Waals surface area contributed by atoms with E-state index >= 15 is 0 Å². The van der Waals surface area contributed by atoms with Crippen LogP contribution in [-0.4, -0.2) is 4.98 Å². The summed E-state index contributed by atoms with van der Waals surface area (Å²) in [6.45, 7) is 4.31. The van der Waals surface area contributed by atoms with Gasteiger partial charge in [-0.2, -0.15) is 0 Å².